The Labute approximate surface area is 130 Å². The zero-order chi connectivity index (χ0) is 16.2. The highest BCUT2D eigenvalue weighted by atomic mass is 16.3. The number of nitrogens with one attached hydrogen (secondary N) is 1. The van der Waals surface area contributed by atoms with E-state index in [1.165, 1.54) is 4.90 Å². The van der Waals surface area contributed by atoms with Crippen LogP contribution in [-0.2, 0) is 6.54 Å². The molecule has 0 aliphatic carbocycles. The van der Waals surface area contributed by atoms with Gasteiger partial charge in [0.25, 0.3) is 0 Å². The summed E-state index contributed by atoms with van der Waals surface area (Å²) in [4.78, 5) is 17.4. The molecule has 2 aromatic rings. The van der Waals surface area contributed by atoms with Crippen molar-refractivity contribution in [2.45, 2.75) is 26.0 Å². The van der Waals surface area contributed by atoms with Gasteiger partial charge < -0.3 is 19.9 Å². The molecule has 0 atom stereocenters. The van der Waals surface area contributed by atoms with Crippen LogP contribution in [0.15, 0.2) is 43.0 Å². The predicted octanol–water partition coefficient (Wildman–Crippen LogP) is 1.78. The number of aliphatic hydroxyl groups is 1. The van der Waals surface area contributed by atoms with Crippen LogP contribution in [0.5, 0.6) is 0 Å². The first kappa shape index (κ1) is 16.0. The number of likely N-dealkylation sites (N-methyl/N-ethyl adjacent to an activating group) is 1. The van der Waals surface area contributed by atoms with Gasteiger partial charge >= 0.3 is 6.03 Å². The van der Waals surface area contributed by atoms with Gasteiger partial charge in [-0.15, -0.1) is 0 Å². The molecule has 2 N–H and O–H groups in total. The second-order valence-electron chi connectivity index (χ2n) is 5.96. The number of carbonyl (C=O) groups is 1. The van der Waals surface area contributed by atoms with Crippen molar-refractivity contribution in [3.05, 3.63) is 48.5 Å². The summed E-state index contributed by atoms with van der Waals surface area (Å²) in [5.74, 6) is 0. The summed E-state index contributed by atoms with van der Waals surface area (Å²) in [6.45, 7) is 4.06. The summed E-state index contributed by atoms with van der Waals surface area (Å²) >= 11 is 0. The molecule has 118 valence electrons. The quantitative estimate of drug-likeness (QED) is 0.884. The first-order valence-corrected chi connectivity index (χ1v) is 7.14. The van der Waals surface area contributed by atoms with Crippen molar-refractivity contribution in [1.29, 1.82) is 0 Å². The molecule has 0 aliphatic heterocycles. The van der Waals surface area contributed by atoms with Gasteiger partial charge in [0.05, 0.1) is 18.5 Å². The number of urea groups is 1. The van der Waals surface area contributed by atoms with Crippen LogP contribution < -0.4 is 5.32 Å². The summed E-state index contributed by atoms with van der Waals surface area (Å²) in [6, 6.07) is 7.67. The first-order chi connectivity index (χ1) is 10.3. The van der Waals surface area contributed by atoms with Crippen LogP contribution in [0, 0.1) is 0 Å². The van der Waals surface area contributed by atoms with E-state index < -0.39 is 5.60 Å². The predicted molar refractivity (Wildman–Crippen MR) is 84.7 cm³/mol. The number of nitrogens with zero attached hydrogens (tertiary/aromatic N) is 3. The number of amides is 2. The molecular formula is C16H22N4O2. The third-order valence-electron chi connectivity index (χ3n) is 3.15. The highest BCUT2D eigenvalue weighted by molar-refractivity contribution is 5.73. The minimum atomic E-state index is -0.904. The van der Waals surface area contributed by atoms with E-state index in [4.69, 9.17) is 0 Å². The molecule has 2 rings (SSSR count). The molecule has 0 spiro atoms. The third kappa shape index (κ3) is 4.60. The fourth-order valence-electron chi connectivity index (χ4n) is 2.16. The van der Waals surface area contributed by atoms with E-state index >= 15 is 0 Å². The van der Waals surface area contributed by atoms with Crippen molar-refractivity contribution < 1.29 is 9.90 Å². The van der Waals surface area contributed by atoms with Crippen molar-refractivity contribution in [2.75, 3.05) is 13.6 Å². The molecule has 1 aromatic carbocycles. The smallest absolute Gasteiger partial charge is 0.317 e. The Morgan fingerprint density at radius 2 is 2.05 bits per heavy atom. The maximum Gasteiger partial charge on any atom is 0.317 e. The van der Waals surface area contributed by atoms with Crippen LogP contribution >= 0.6 is 0 Å². The van der Waals surface area contributed by atoms with Crippen molar-refractivity contribution in [1.82, 2.24) is 19.8 Å². The largest absolute Gasteiger partial charge is 0.389 e. The number of imidazole rings is 1. The molecular weight excluding hydrogens is 280 g/mol. The number of rotatable bonds is 5. The Morgan fingerprint density at radius 3 is 2.59 bits per heavy atom. The number of hydrogen-bond acceptors (Lipinski definition) is 3. The van der Waals surface area contributed by atoms with Gasteiger partial charge in [-0.1, -0.05) is 12.1 Å². The average molecular weight is 302 g/mol. The van der Waals surface area contributed by atoms with Gasteiger partial charge in [-0.05, 0) is 31.5 Å². The number of benzene rings is 1. The average Bonchev–Trinajstić information content (AvgIpc) is 2.97. The fraction of sp³-hybridized carbons (Fsp3) is 0.375. The number of hydrogen-bond donors (Lipinski definition) is 2. The monoisotopic (exact) mass is 302 g/mol. The highest BCUT2D eigenvalue weighted by Gasteiger charge is 2.18. The van der Waals surface area contributed by atoms with Crippen LogP contribution in [0.2, 0.25) is 0 Å². The van der Waals surface area contributed by atoms with Crippen LogP contribution in [0.4, 0.5) is 4.79 Å². The van der Waals surface area contributed by atoms with E-state index in [1.807, 2.05) is 35.0 Å². The molecule has 0 unspecified atom stereocenters. The Balaban J connectivity index is 1.88. The molecule has 22 heavy (non-hydrogen) atoms. The number of aromatic nitrogens is 2. The van der Waals surface area contributed by atoms with Crippen molar-refractivity contribution in [2.24, 2.45) is 0 Å². The van der Waals surface area contributed by atoms with Crippen LogP contribution in [0.1, 0.15) is 19.4 Å². The summed E-state index contributed by atoms with van der Waals surface area (Å²) in [6.07, 6.45) is 5.34. The molecule has 0 fully saturated rings. The van der Waals surface area contributed by atoms with Gasteiger partial charge in [0, 0.05) is 31.7 Å². The van der Waals surface area contributed by atoms with E-state index in [2.05, 4.69) is 10.3 Å². The molecule has 0 aliphatic rings. The topological polar surface area (TPSA) is 70.4 Å². The van der Waals surface area contributed by atoms with Gasteiger partial charge in [-0.2, -0.15) is 0 Å². The lowest BCUT2D eigenvalue weighted by Gasteiger charge is -2.25. The molecule has 0 saturated carbocycles. The molecule has 2 amide bonds. The van der Waals surface area contributed by atoms with Crippen LogP contribution in [-0.4, -0.2) is 44.8 Å². The molecule has 0 bridgehead atoms. The standard InChI is InChI=1S/C16H22N4O2/c1-16(2,22)11-19(3)15(21)18-10-13-4-6-14(7-5-13)20-9-8-17-12-20/h4-9,12,22H,10-11H2,1-3H3,(H,18,21). The summed E-state index contributed by atoms with van der Waals surface area (Å²) in [5, 5.41) is 12.5. The van der Waals surface area contributed by atoms with Crippen LogP contribution in [0.25, 0.3) is 5.69 Å². The van der Waals surface area contributed by atoms with E-state index in [1.54, 1.807) is 33.4 Å². The number of carbonyl (C=O) groups excluding carboxylic acids is 1. The molecule has 1 heterocycles. The molecule has 0 radical (unpaired) electrons. The minimum absolute atomic E-state index is 0.208. The van der Waals surface area contributed by atoms with Gasteiger partial charge in [0.1, 0.15) is 0 Å². The SMILES string of the molecule is CN(CC(C)(C)O)C(=O)NCc1ccc(-n2ccnc2)cc1. The third-order valence-corrected chi connectivity index (χ3v) is 3.15. The Kier molecular flexibility index (Phi) is 4.82. The van der Waals surface area contributed by atoms with Gasteiger partial charge in [-0.3, -0.25) is 0 Å². The van der Waals surface area contributed by atoms with E-state index in [0.717, 1.165) is 11.3 Å². The maximum absolute atomic E-state index is 11.9. The summed E-state index contributed by atoms with van der Waals surface area (Å²) in [5.41, 5.74) is 1.12. The van der Waals surface area contributed by atoms with Crippen molar-refractivity contribution >= 4 is 6.03 Å². The second kappa shape index (κ2) is 6.62. The lowest BCUT2D eigenvalue weighted by molar-refractivity contribution is 0.0531. The summed E-state index contributed by atoms with van der Waals surface area (Å²) < 4.78 is 1.92. The Bertz CT molecular complexity index is 600. The molecule has 6 heteroatoms. The minimum Gasteiger partial charge on any atom is -0.389 e. The Hall–Kier alpha value is -2.34. The first-order valence-electron chi connectivity index (χ1n) is 7.14. The van der Waals surface area contributed by atoms with E-state index in [0.29, 0.717) is 6.54 Å². The zero-order valence-electron chi connectivity index (χ0n) is 13.2. The van der Waals surface area contributed by atoms with Gasteiger partial charge in [0.2, 0.25) is 0 Å². The molecule has 1 aromatic heterocycles. The fourth-order valence-corrected chi connectivity index (χ4v) is 2.16. The zero-order valence-corrected chi connectivity index (χ0v) is 13.2. The molecule has 0 saturated heterocycles. The maximum atomic E-state index is 11.9. The van der Waals surface area contributed by atoms with Gasteiger partial charge in [-0.25, -0.2) is 9.78 Å². The lowest BCUT2D eigenvalue weighted by Crippen LogP contribution is -2.44. The van der Waals surface area contributed by atoms with Crippen LogP contribution in [0.3, 0.4) is 0 Å². The molecule has 6 nitrogen and oxygen atoms in total. The second-order valence-corrected chi connectivity index (χ2v) is 5.96. The Morgan fingerprint density at radius 1 is 1.36 bits per heavy atom. The van der Waals surface area contributed by atoms with E-state index in [9.17, 15) is 9.90 Å². The summed E-state index contributed by atoms with van der Waals surface area (Å²) in [7, 11) is 1.66. The van der Waals surface area contributed by atoms with E-state index in [-0.39, 0.29) is 12.6 Å². The van der Waals surface area contributed by atoms with Gasteiger partial charge in [0.15, 0.2) is 0 Å². The normalized spacial score (nSPS) is 11.3. The van der Waals surface area contributed by atoms with Crippen molar-refractivity contribution in [3.63, 3.8) is 0 Å². The highest BCUT2D eigenvalue weighted by Crippen LogP contribution is 2.09. The lowest BCUT2D eigenvalue weighted by atomic mass is 10.1. The van der Waals surface area contributed by atoms with Crippen molar-refractivity contribution in [3.8, 4) is 5.69 Å².